The maximum Gasteiger partial charge on any atom is 0.257 e. The zero-order valence-electron chi connectivity index (χ0n) is 12.2. The number of carbonyl (C=O) groups is 1. The molecular formula is C16H17NO4S. The highest BCUT2D eigenvalue weighted by atomic mass is 32.2. The number of fused-ring (bicyclic) bond motifs is 1. The molecule has 0 radical (unpaired) electrons. The van der Waals surface area contributed by atoms with Crippen molar-refractivity contribution >= 4 is 26.5 Å². The molecule has 0 unspecified atom stereocenters. The smallest absolute Gasteiger partial charge is 0.257 e. The Labute approximate surface area is 129 Å². The van der Waals surface area contributed by atoms with Crippen LogP contribution >= 0.6 is 0 Å². The Morgan fingerprint density at radius 2 is 1.86 bits per heavy atom. The number of sulfone groups is 1. The summed E-state index contributed by atoms with van der Waals surface area (Å²) in [6.45, 7) is 0. The summed E-state index contributed by atoms with van der Waals surface area (Å²) in [6, 6.07) is 10.3. The van der Waals surface area contributed by atoms with Gasteiger partial charge in [-0.25, -0.2) is 8.42 Å². The number of phenolic OH excluding ortho intramolecular Hbond substituents is 1. The van der Waals surface area contributed by atoms with E-state index >= 15 is 0 Å². The Kier molecular flexibility index (Phi) is 3.56. The van der Waals surface area contributed by atoms with Gasteiger partial charge in [0.25, 0.3) is 5.91 Å². The first-order valence-corrected chi connectivity index (χ1v) is 8.89. The van der Waals surface area contributed by atoms with Gasteiger partial charge in [0.05, 0.1) is 17.1 Å². The van der Waals surface area contributed by atoms with Gasteiger partial charge in [0.1, 0.15) is 5.75 Å². The third-order valence-electron chi connectivity index (χ3n) is 4.17. The summed E-state index contributed by atoms with van der Waals surface area (Å²) >= 11 is 0. The number of phenols is 1. The molecule has 0 spiro atoms. The maximum atomic E-state index is 12.6. The number of hydrogen-bond acceptors (Lipinski definition) is 4. The van der Waals surface area contributed by atoms with Crippen LogP contribution in [0.2, 0.25) is 0 Å². The summed E-state index contributed by atoms with van der Waals surface area (Å²) in [7, 11) is -1.47. The minimum atomic E-state index is -3.06. The summed E-state index contributed by atoms with van der Waals surface area (Å²) in [5, 5.41) is 11.8. The Hall–Kier alpha value is -2.08. The number of rotatable bonds is 2. The Morgan fingerprint density at radius 1 is 1.23 bits per heavy atom. The van der Waals surface area contributed by atoms with E-state index in [1.807, 2.05) is 24.3 Å². The van der Waals surface area contributed by atoms with Crippen LogP contribution in [0.1, 0.15) is 16.8 Å². The van der Waals surface area contributed by atoms with Crippen LogP contribution in [0.3, 0.4) is 0 Å². The van der Waals surface area contributed by atoms with E-state index in [0.717, 1.165) is 10.8 Å². The van der Waals surface area contributed by atoms with Gasteiger partial charge >= 0.3 is 0 Å². The van der Waals surface area contributed by atoms with Crippen molar-refractivity contribution in [3.63, 3.8) is 0 Å². The van der Waals surface area contributed by atoms with Crippen molar-refractivity contribution in [3.8, 4) is 5.75 Å². The number of benzene rings is 2. The lowest BCUT2D eigenvalue weighted by molar-refractivity contribution is 0.0745. The monoisotopic (exact) mass is 319 g/mol. The second-order valence-electron chi connectivity index (χ2n) is 5.69. The zero-order valence-corrected chi connectivity index (χ0v) is 13.0. The number of carbonyl (C=O) groups excluding carboxylic acids is 1. The van der Waals surface area contributed by atoms with E-state index in [-0.39, 0.29) is 34.8 Å². The van der Waals surface area contributed by atoms with Crippen LogP contribution in [0.5, 0.6) is 5.75 Å². The van der Waals surface area contributed by atoms with E-state index in [2.05, 4.69) is 0 Å². The third-order valence-corrected chi connectivity index (χ3v) is 5.92. The highest BCUT2D eigenvalue weighted by molar-refractivity contribution is 7.91. The van der Waals surface area contributed by atoms with Crippen LogP contribution in [0, 0.1) is 0 Å². The molecule has 22 heavy (non-hydrogen) atoms. The quantitative estimate of drug-likeness (QED) is 0.916. The molecule has 1 aliphatic rings. The molecule has 1 atom stereocenters. The van der Waals surface area contributed by atoms with Crippen molar-refractivity contribution in [1.82, 2.24) is 4.90 Å². The first kappa shape index (κ1) is 14.8. The van der Waals surface area contributed by atoms with Gasteiger partial charge < -0.3 is 10.0 Å². The summed E-state index contributed by atoms with van der Waals surface area (Å²) in [5.41, 5.74) is 0.200. The molecule has 5 nitrogen and oxygen atoms in total. The highest BCUT2D eigenvalue weighted by Gasteiger charge is 2.33. The molecule has 6 heteroatoms. The lowest BCUT2D eigenvalue weighted by Gasteiger charge is -2.24. The van der Waals surface area contributed by atoms with Gasteiger partial charge in [-0.1, -0.05) is 24.3 Å². The minimum Gasteiger partial charge on any atom is -0.507 e. The van der Waals surface area contributed by atoms with Crippen LogP contribution in [-0.2, 0) is 9.84 Å². The molecule has 1 aliphatic heterocycles. The topological polar surface area (TPSA) is 74.7 Å². The number of aromatic hydroxyl groups is 1. The molecule has 1 N–H and O–H groups in total. The molecule has 1 heterocycles. The van der Waals surface area contributed by atoms with Gasteiger partial charge in [-0.15, -0.1) is 0 Å². The second kappa shape index (κ2) is 5.28. The van der Waals surface area contributed by atoms with Crippen LogP contribution in [0.15, 0.2) is 36.4 Å². The van der Waals surface area contributed by atoms with Gasteiger partial charge in [0, 0.05) is 13.1 Å². The summed E-state index contributed by atoms with van der Waals surface area (Å²) in [4.78, 5) is 14.0. The van der Waals surface area contributed by atoms with Gasteiger partial charge in [-0.05, 0) is 29.3 Å². The predicted octanol–water partition coefficient (Wildman–Crippen LogP) is 1.80. The van der Waals surface area contributed by atoms with E-state index in [1.165, 1.54) is 4.90 Å². The standard InChI is InChI=1S/C16H17NO4S/c1-17(13-6-7-22(20,21)10-13)16(19)14-8-11-4-2-3-5-12(11)9-15(14)18/h2-5,8-9,13,18H,6-7,10H2,1H3/t13-/m1/s1. The SMILES string of the molecule is CN(C(=O)c1cc2ccccc2cc1O)[C@@H]1CCS(=O)(=O)C1. The molecule has 0 aliphatic carbocycles. The molecule has 2 aromatic carbocycles. The summed E-state index contributed by atoms with van der Waals surface area (Å²) in [5.74, 6) is -0.343. The molecule has 0 bridgehead atoms. The van der Waals surface area contributed by atoms with E-state index in [0.29, 0.717) is 6.42 Å². The largest absolute Gasteiger partial charge is 0.507 e. The third kappa shape index (κ3) is 2.66. The van der Waals surface area contributed by atoms with Crippen molar-refractivity contribution in [2.24, 2.45) is 0 Å². The van der Waals surface area contributed by atoms with Gasteiger partial charge in [0.15, 0.2) is 9.84 Å². The molecule has 0 aromatic heterocycles. The molecule has 1 amide bonds. The Balaban J connectivity index is 1.93. The van der Waals surface area contributed by atoms with E-state index in [1.54, 1.807) is 19.2 Å². The molecular weight excluding hydrogens is 302 g/mol. The van der Waals surface area contributed by atoms with Crippen molar-refractivity contribution in [2.45, 2.75) is 12.5 Å². The maximum absolute atomic E-state index is 12.6. The Morgan fingerprint density at radius 3 is 2.45 bits per heavy atom. The molecule has 116 valence electrons. The van der Waals surface area contributed by atoms with Gasteiger partial charge in [-0.2, -0.15) is 0 Å². The van der Waals surface area contributed by atoms with E-state index < -0.39 is 9.84 Å². The van der Waals surface area contributed by atoms with E-state index in [4.69, 9.17) is 0 Å². The fraction of sp³-hybridized carbons (Fsp3) is 0.312. The van der Waals surface area contributed by atoms with Crippen LogP contribution in [0.4, 0.5) is 0 Å². The van der Waals surface area contributed by atoms with E-state index in [9.17, 15) is 18.3 Å². The fourth-order valence-electron chi connectivity index (χ4n) is 2.84. The molecule has 2 aromatic rings. The Bertz CT molecular complexity index is 844. The van der Waals surface area contributed by atoms with Crippen LogP contribution in [0.25, 0.3) is 10.8 Å². The van der Waals surface area contributed by atoms with Crippen molar-refractivity contribution in [3.05, 3.63) is 42.0 Å². The number of nitrogens with zero attached hydrogens (tertiary/aromatic N) is 1. The molecule has 1 fully saturated rings. The lowest BCUT2D eigenvalue weighted by Crippen LogP contribution is -2.37. The average molecular weight is 319 g/mol. The number of amides is 1. The summed E-state index contributed by atoms with van der Waals surface area (Å²) < 4.78 is 23.1. The van der Waals surface area contributed by atoms with Crippen LogP contribution in [-0.4, -0.2) is 48.9 Å². The average Bonchev–Trinajstić information content (AvgIpc) is 2.85. The number of hydrogen-bond donors (Lipinski definition) is 1. The van der Waals surface area contributed by atoms with Gasteiger partial charge in [0.2, 0.25) is 0 Å². The highest BCUT2D eigenvalue weighted by Crippen LogP contribution is 2.27. The molecule has 3 rings (SSSR count). The minimum absolute atomic E-state index is 0.0103. The predicted molar refractivity (Wildman–Crippen MR) is 84.8 cm³/mol. The van der Waals surface area contributed by atoms with Gasteiger partial charge in [-0.3, -0.25) is 4.79 Å². The molecule has 1 saturated heterocycles. The first-order valence-electron chi connectivity index (χ1n) is 7.07. The molecule has 0 saturated carbocycles. The lowest BCUT2D eigenvalue weighted by atomic mass is 10.0. The fourth-order valence-corrected chi connectivity index (χ4v) is 4.61. The zero-order chi connectivity index (χ0) is 15.9. The second-order valence-corrected chi connectivity index (χ2v) is 7.92. The van der Waals surface area contributed by atoms with Crippen molar-refractivity contribution < 1.29 is 18.3 Å². The normalized spacial score (nSPS) is 20.1. The van der Waals surface area contributed by atoms with Crippen molar-refractivity contribution in [1.29, 1.82) is 0 Å². The van der Waals surface area contributed by atoms with Crippen molar-refractivity contribution in [2.75, 3.05) is 18.6 Å². The van der Waals surface area contributed by atoms with Crippen LogP contribution < -0.4 is 0 Å². The summed E-state index contributed by atoms with van der Waals surface area (Å²) in [6.07, 6.45) is 0.443. The first-order chi connectivity index (χ1) is 10.4.